The lowest BCUT2D eigenvalue weighted by atomic mass is 10.0. The lowest BCUT2D eigenvalue weighted by Crippen LogP contribution is -2.32. The van der Waals surface area contributed by atoms with Crippen LogP contribution in [0.4, 0.5) is 10.5 Å². The van der Waals surface area contributed by atoms with Gasteiger partial charge >= 0.3 is 6.03 Å². The summed E-state index contributed by atoms with van der Waals surface area (Å²) in [5.74, 6) is 1.89. The summed E-state index contributed by atoms with van der Waals surface area (Å²) in [7, 11) is 0. The molecule has 0 aliphatic rings. The van der Waals surface area contributed by atoms with Crippen LogP contribution in [0, 0.1) is 5.92 Å². The number of hydrogen-bond acceptors (Lipinski definition) is 4. The molecule has 1 heterocycles. The van der Waals surface area contributed by atoms with E-state index < -0.39 is 6.10 Å². The fourth-order valence-corrected chi connectivity index (χ4v) is 2.23. The number of carbonyl (C=O) groups excluding carboxylic acids is 1. The van der Waals surface area contributed by atoms with Crippen LogP contribution >= 0.6 is 0 Å². The second-order valence-electron chi connectivity index (χ2n) is 6.78. The molecule has 0 saturated carbocycles. The molecule has 0 aliphatic carbocycles. The molecular weight excluding hydrogens is 318 g/mol. The maximum absolute atomic E-state index is 11.9. The molecule has 0 radical (unpaired) electrons. The normalized spacial score (nSPS) is 12.4. The van der Waals surface area contributed by atoms with Crippen LogP contribution in [-0.4, -0.2) is 28.8 Å². The van der Waals surface area contributed by atoms with Crippen molar-refractivity contribution in [3.05, 3.63) is 36.2 Å². The molecule has 1 atom stereocenters. The molecule has 136 valence electrons. The molecule has 0 aliphatic heterocycles. The zero-order chi connectivity index (χ0) is 18.4. The summed E-state index contributed by atoms with van der Waals surface area (Å²) >= 11 is 0. The van der Waals surface area contributed by atoms with Gasteiger partial charge in [0.2, 0.25) is 5.89 Å². The van der Waals surface area contributed by atoms with Crippen molar-refractivity contribution in [2.24, 2.45) is 5.92 Å². The number of carbonyl (C=O) groups is 1. The van der Waals surface area contributed by atoms with Crippen molar-refractivity contribution in [2.45, 2.75) is 46.1 Å². The monoisotopic (exact) mass is 345 g/mol. The van der Waals surface area contributed by atoms with Gasteiger partial charge in [-0.05, 0) is 36.6 Å². The molecule has 0 fully saturated rings. The minimum Gasteiger partial charge on any atom is -0.441 e. The Morgan fingerprint density at radius 2 is 1.88 bits per heavy atom. The van der Waals surface area contributed by atoms with Crippen LogP contribution < -0.4 is 10.6 Å². The van der Waals surface area contributed by atoms with E-state index in [1.807, 2.05) is 26.0 Å². The quantitative estimate of drug-likeness (QED) is 0.708. The van der Waals surface area contributed by atoms with E-state index in [4.69, 9.17) is 4.42 Å². The molecule has 6 heteroatoms. The zero-order valence-electron chi connectivity index (χ0n) is 15.2. The molecule has 2 amide bonds. The zero-order valence-corrected chi connectivity index (χ0v) is 15.2. The van der Waals surface area contributed by atoms with Crippen molar-refractivity contribution < 1.29 is 14.3 Å². The Hall–Kier alpha value is -2.34. The number of nitrogens with one attached hydrogen (secondary N) is 2. The molecule has 0 bridgehead atoms. The van der Waals surface area contributed by atoms with Crippen molar-refractivity contribution in [3.8, 4) is 11.5 Å². The fraction of sp³-hybridized carbons (Fsp3) is 0.474. The number of amides is 2. The van der Waals surface area contributed by atoms with Crippen molar-refractivity contribution in [1.29, 1.82) is 0 Å². The van der Waals surface area contributed by atoms with Crippen molar-refractivity contribution >= 4 is 11.7 Å². The van der Waals surface area contributed by atoms with Crippen LogP contribution in [0.25, 0.3) is 11.5 Å². The van der Waals surface area contributed by atoms with Crippen LogP contribution in [0.15, 0.2) is 34.9 Å². The van der Waals surface area contributed by atoms with Gasteiger partial charge in [0.05, 0.1) is 12.3 Å². The molecule has 1 aromatic carbocycles. The number of oxazole rings is 1. The number of hydrogen-bond donors (Lipinski definition) is 3. The van der Waals surface area contributed by atoms with Gasteiger partial charge < -0.3 is 20.2 Å². The van der Waals surface area contributed by atoms with Gasteiger partial charge in [-0.2, -0.15) is 0 Å². The topological polar surface area (TPSA) is 87.4 Å². The summed E-state index contributed by atoms with van der Waals surface area (Å²) in [4.78, 5) is 16.1. The summed E-state index contributed by atoms with van der Waals surface area (Å²) in [6, 6.07) is 7.03. The lowest BCUT2D eigenvalue weighted by molar-refractivity contribution is 0.117. The molecule has 6 nitrogen and oxygen atoms in total. The van der Waals surface area contributed by atoms with Gasteiger partial charge in [-0.1, -0.05) is 27.7 Å². The van der Waals surface area contributed by atoms with E-state index in [2.05, 4.69) is 29.5 Å². The van der Waals surface area contributed by atoms with Crippen LogP contribution in [0.3, 0.4) is 0 Å². The third kappa shape index (κ3) is 5.60. The highest BCUT2D eigenvalue weighted by molar-refractivity contribution is 5.89. The lowest BCUT2D eigenvalue weighted by Gasteiger charge is -2.14. The van der Waals surface area contributed by atoms with Crippen LogP contribution in [0.1, 0.15) is 45.8 Å². The Balaban J connectivity index is 1.86. The Kier molecular flexibility index (Phi) is 6.58. The minimum atomic E-state index is -0.406. The molecule has 1 aromatic heterocycles. The number of rotatable bonds is 7. The third-order valence-corrected chi connectivity index (χ3v) is 3.98. The molecule has 3 N–H and O–H groups in total. The summed E-state index contributed by atoms with van der Waals surface area (Å²) in [5, 5.41) is 15.2. The van der Waals surface area contributed by atoms with Gasteiger partial charge in [-0.15, -0.1) is 0 Å². The minimum absolute atomic E-state index is 0.184. The van der Waals surface area contributed by atoms with E-state index in [9.17, 15) is 9.90 Å². The van der Waals surface area contributed by atoms with Gasteiger partial charge in [0.25, 0.3) is 0 Å². The van der Waals surface area contributed by atoms with Gasteiger partial charge in [0.1, 0.15) is 5.76 Å². The smallest absolute Gasteiger partial charge is 0.319 e. The fourth-order valence-electron chi connectivity index (χ4n) is 2.23. The van der Waals surface area contributed by atoms with Crippen LogP contribution in [0.2, 0.25) is 0 Å². The Labute approximate surface area is 148 Å². The van der Waals surface area contributed by atoms with Crippen LogP contribution in [0.5, 0.6) is 0 Å². The van der Waals surface area contributed by atoms with Gasteiger partial charge in [0.15, 0.2) is 0 Å². The maximum atomic E-state index is 11.9. The third-order valence-electron chi connectivity index (χ3n) is 3.98. The van der Waals surface area contributed by atoms with E-state index in [-0.39, 0.29) is 11.9 Å². The van der Waals surface area contributed by atoms with E-state index >= 15 is 0 Å². The largest absolute Gasteiger partial charge is 0.441 e. The van der Waals surface area contributed by atoms with Gasteiger partial charge in [-0.3, -0.25) is 0 Å². The van der Waals surface area contributed by atoms with Crippen molar-refractivity contribution in [2.75, 3.05) is 11.9 Å². The van der Waals surface area contributed by atoms with E-state index in [1.165, 1.54) is 0 Å². The molecule has 2 rings (SSSR count). The highest BCUT2D eigenvalue weighted by Crippen LogP contribution is 2.24. The summed E-state index contributed by atoms with van der Waals surface area (Å²) in [6.45, 7) is 8.43. The highest BCUT2D eigenvalue weighted by Gasteiger charge is 2.11. The first-order chi connectivity index (χ1) is 11.9. The first kappa shape index (κ1) is 19.0. The van der Waals surface area contributed by atoms with Crippen molar-refractivity contribution in [3.63, 3.8) is 0 Å². The predicted molar refractivity (Wildman–Crippen MR) is 98.5 cm³/mol. The Morgan fingerprint density at radius 1 is 1.20 bits per heavy atom. The molecule has 0 spiro atoms. The average molecular weight is 345 g/mol. The number of aliphatic hydroxyl groups is 1. The predicted octanol–water partition coefficient (Wildman–Crippen LogP) is 3.99. The SMILES string of the molecule is CC(C)c1cnc(-c2ccc(NC(=O)NCCC(O)C(C)C)cc2)o1. The summed E-state index contributed by atoms with van der Waals surface area (Å²) < 4.78 is 5.71. The second-order valence-corrected chi connectivity index (χ2v) is 6.78. The Bertz CT molecular complexity index is 677. The van der Waals surface area contributed by atoms with Crippen molar-refractivity contribution in [1.82, 2.24) is 10.3 Å². The standard InChI is InChI=1S/C19H27N3O3/c1-12(2)16(23)9-10-20-19(24)22-15-7-5-14(6-8-15)18-21-11-17(25-18)13(3)4/h5-8,11-13,16,23H,9-10H2,1-4H3,(H2,20,22,24). The summed E-state index contributed by atoms with van der Waals surface area (Å²) in [6.07, 6.45) is 1.87. The summed E-state index contributed by atoms with van der Waals surface area (Å²) in [5.41, 5.74) is 1.54. The number of aliphatic hydroxyl groups excluding tert-OH is 1. The number of nitrogens with zero attached hydrogens (tertiary/aromatic N) is 1. The van der Waals surface area contributed by atoms with Gasteiger partial charge in [0, 0.05) is 23.7 Å². The number of benzene rings is 1. The number of urea groups is 1. The van der Waals surface area contributed by atoms with E-state index in [1.54, 1.807) is 18.3 Å². The maximum Gasteiger partial charge on any atom is 0.319 e. The molecule has 25 heavy (non-hydrogen) atoms. The molecule has 2 aromatic rings. The molecule has 1 unspecified atom stereocenters. The second kappa shape index (κ2) is 8.67. The average Bonchev–Trinajstić information content (AvgIpc) is 3.05. The first-order valence-electron chi connectivity index (χ1n) is 8.66. The van der Waals surface area contributed by atoms with Crippen LogP contribution in [-0.2, 0) is 0 Å². The van der Waals surface area contributed by atoms with E-state index in [0.29, 0.717) is 30.5 Å². The Morgan fingerprint density at radius 3 is 2.44 bits per heavy atom. The molecular formula is C19H27N3O3. The van der Waals surface area contributed by atoms with E-state index in [0.717, 1.165) is 11.3 Å². The molecule has 0 saturated heterocycles. The number of aromatic nitrogens is 1. The number of anilines is 1. The van der Waals surface area contributed by atoms with Gasteiger partial charge in [-0.25, -0.2) is 9.78 Å². The highest BCUT2D eigenvalue weighted by atomic mass is 16.4. The first-order valence-corrected chi connectivity index (χ1v) is 8.66.